The van der Waals surface area contributed by atoms with E-state index >= 15 is 0 Å². The van der Waals surface area contributed by atoms with Crippen molar-refractivity contribution >= 4 is 11.6 Å². The minimum absolute atomic E-state index is 0.00171. The Balaban J connectivity index is 1.37. The fourth-order valence-electron chi connectivity index (χ4n) is 3.42. The van der Waals surface area contributed by atoms with Crippen molar-refractivity contribution in [3.63, 3.8) is 0 Å². The van der Waals surface area contributed by atoms with Gasteiger partial charge in [-0.3, -0.25) is 4.79 Å². The maximum absolute atomic E-state index is 12.2. The second-order valence-corrected chi connectivity index (χ2v) is 6.61. The summed E-state index contributed by atoms with van der Waals surface area (Å²) in [4.78, 5) is 14.6. The SMILES string of the molecule is O=C(NCC1CCOC1)c1ccc(N2Cc3ccccc3C2)cc1. The molecule has 1 unspecified atom stereocenters. The molecular formula is C20H22N2O2. The van der Waals surface area contributed by atoms with Crippen LogP contribution < -0.4 is 10.2 Å². The molecule has 1 fully saturated rings. The molecule has 2 aliphatic rings. The van der Waals surface area contributed by atoms with Crippen LogP contribution in [0.3, 0.4) is 0 Å². The summed E-state index contributed by atoms with van der Waals surface area (Å²) in [5.74, 6) is 0.453. The first-order valence-corrected chi connectivity index (χ1v) is 8.57. The average molecular weight is 322 g/mol. The normalized spacial score (nSPS) is 19.3. The van der Waals surface area contributed by atoms with Gasteiger partial charge in [-0.25, -0.2) is 0 Å². The number of rotatable bonds is 4. The predicted molar refractivity (Wildman–Crippen MR) is 94.0 cm³/mol. The summed E-state index contributed by atoms with van der Waals surface area (Å²) in [5, 5.41) is 3.01. The van der Waals surface area contributed by atoms with Crippen molar-refractivity contribution in [1.82, 2.24) is 5.32 Å². The Labute approximate surface area is 142 Å². The number of fused-ring (bicyclic) bond motifs is 1. The van der Waals surface area contributed by atoms with Crippen LogP contribution in [-0.4, -0.2) is 25.7 Å². The molecule has 0 spiro atoms. The third-order valence-corrected chi connectivity index (χ3v) is 4.91. The molecule has 4 nitrogen and oxygen atoms in total. The molecule has 24 heavy (non-hydrogen) atoms. The summed E-state index contributed by atoms with van der Waals surface area (Å²) in [6, 6.07) is 16.5. The number of anilines is 1. The van der Waals surface area contributed by atoms with Gasteiger partial charge in [-0.2, -0.15) is 0 Å². The number of hydrogen-bond donors (Lipinski definition) is 1. The van der Waals surface area contributed by atoms with Crippen molar-refractivity contribution in [1.29, 1.82) is 0 Å². The van der Waals surface area contributed by atoms with Gasteiger partial charge in [-0.15, -0.1) is 0 Å². The van der Waals surface area contributed by atoms with E-state index < -0.39 is 0 Å². The zero-order valence-corrected chi connectivity index (χ0v) is 13.7. The van der Waals surface area contributed by atoms with Gasteiger partial charge in [0.05, 0.1) is 6.61 Å². The van der Waals surface area contributed by atoms with E-state index in [2.05, 4.69) is 34.5 Å². The van der Waals surface area contributed by atoms with Gasteiger partial charge in [0.2, 0.25) is 0 Å². The number of benzene rings is 2. The maximum Gasteiger partial charge on any atom is 0.251 e. The summed E-state index contributed by atoms with van der Waals surface area (Å²) in [5.41, 5.74) is 4.65. The highest BCUT2D eigenvalue weighted by Crippen LogP contribution is 2.28. The van der Waals surface area contributed by atoms with E-state index in [1.165, 1.54) is 11.1 Å². The van der Waals surface area contributed by atoms with E-state index in [0.717, 1.165) is 44.0 Å². The van der Waals surface area contributed by atoms with Gasteiger partial charge in [0.15, 0.2) is 0 Å². The van der Waals surface area contributed by atoms with Crippen molar-refractivity contribution in [3.8, 4) is 0 Å². The molecule has 124 valence electrons. The molecule has 2 aliphatic heterocycles. The molecule has 2 aromatic carbocycles. The molecule has 0 saturated carbocycles. The smallest absolute Gasteiger partial charge is 0.251 e. The molecule has 2 heterocycles. The minimum Gasteiger partial charge on any atom is -0.381 e. The number of nitrogens with one attached hydrogen (secondary N) is 1. The first kappa shape index (κ1) is 15.2. The fraction of sp³-hybridized carbons (Fsp3) is 0.350. The van der Waals surface area contributed by atoms with Crippen LogP contribution in [0.1, 0.15) is 27.9 Å². The highest BCUT2D eigenvalue weighted by molar-refractivity contribution is 5.94. The Morgan fingerprint density at radius 1 is 1.08 bits per heavy atom. The standard InChI is InChI=1S/C20H22N2O2/c23-20(21-11-15-9-10-24-14-15)16-5-7-19(8-6-16)22-12-17-3-1-2-4-18(17)13-22/h1-8,15H,9-14H2,(H,21,23). The lowest BCUT2D eigenvalue weighted by molar-refractivity contribution is 0.0945. The second kappa shape index (κ2) is 6.65. The van der Waals surface area contributed by atoms with Gasteiger partial charge in [0, 0.05) is 43.4 Å². The van der Waals surface area contributed by atoms with E-state index in [4.69, 9.17) is 4.74 Å². The van der Waals surface area contributed by atoms with Crippen LogP contribution in [0.2, 0.25) is 0 Å². The van der Waals surface area contributed by atoms with Crippen molar-refractivity contribution in [2.75, 3.05) is 24.7 Å². The molecule has 1 amide bonds. The third kappa shape index (κ3) is 3.15. The molecule has 0 radical (unpaired) electrons. The van der Waals surface area contributed by atoms with Crippen molar-refractivity contribution in [2.24, 2.45) is 5.92 Å². The molecule has 0 aromatic heterocycles. The summed E-state index contributed by atoms with van der Waals surface area (Å²) < 4.78 is 5.34. The fourth-order valence-corrected chi connectivity index (χ4v) is 3.42. The van der Waals surface area contributed by atoms with Crippen LogP contribution in [0.25, 0.3) is 0 Å². The molecular weight excluding hydrogens is 300 g/mol. The Hall–Kier alpha value is -2.33. The lowest BCUT2D eigenvalue weighted by atomic mass is 10.1. The maximum atomic E-state index is 12.2. The summed E-state index contributed by atoms with van der Waals surface area (Å²) in [6.07, 6.45) is 1.04. The van der Waals surface area contributed by atoms with Crippen molar-refractivity contribution in [3.05, 3.63) is 65.2 Å². The van der Waals surface area contributed by atoms with Crippen molar-refractivity contribution < 1.29 is 9.53 Å². The lowest BCUT2D eigenvalue weighted by Gasteiger charge is -2.18. The highest BCUT2D eigenvalue weighted by Gasteiger charge is 2.19. The largest absolute Gasteiger partial charge is 0.381 e. The lowest BCUT2D eigenvalue weighted by Crippen LogP contribution is -2.29. The number of carbonyl (C=O) groups excluding carboxylic acids is 1. The minimum atomic E-state index is -0.00171. The van der Waals surface area contributed by atoms with Gasteiger partial charge in [0.1, 0.15) is 0 Å². The average Bonchev–Trinajstić information content (AvgIpc) is 3.29. The van der Waals surface area contributed by atoms with Gasteiger partial charge < -0.3 is 15.0 Å². The molecule has 4 rings (SSSR count). The first-order valence-electron chi connectivity index (χ1n) is 8.57. The zero-order valence-electron chi connectivity index (χ0n) is 13.7. The van der Waals surface area contributed by atoms with Crippen LogP contribution in [0, 0.1) is 5.92 Å². The Bertz CT molecular complexity index is 696. The van der Waals surface area contributed by atoms with Crippen LogP contribution in [0.15, 0.2) is 48.5 Å². The zero-order chi connectivity index (χ0) is 16.4. The van der Waals surface area contributed by atoms with E-state index in [0.29, 0.717) is 12.5 Å². The topological polar surface area (TPSA) is 41.6 Å². The Kier molecular flexibility index (Phi) is 4.22. The summed E-state index contributed by atoms with van der Waals surface area (Å²) in [6.45, 7) is 4.14. The number of carbonyl (C=O) groups is 1. The molecule has 1 atom stereocenters. The molecule has 0 bridgehead atoms. The monoisotopic (exact) mass is 322 g/mol. The van der Waals surface area contributed by atoms with Crippen LogP contribution in [0.5, 0.6) is 0 Å². The Morgan fingerprint density at radius 2 is 1.79 bits per heavy atom. The second-order valence-electron chi connectivity index (χ2n) is 6.61. The number of hydrogen-bond acceptors (Lipinski definition) is 3. The summed E-state index contributed by atoms with van der Waals surface area (Å²) >= 11 is 0. The van der Waals surface area contributed by atoms with Gasteiger partial charge >= 0.3 is 0 Å². The molecule has 2 aromatic rings. The number of amides is 1. The van der Waals surface area contributed by atoms with E-state index in [9.17, 15) is 4.79 Å². The van der Waals surface area contributed by atoms with Crippen LogP contribution in [-0.2, 0) is 17.8 Å². The Morgan fingerprint density at radius 3 is 2.42 bits per heavy atom. The van der Waals surface area contributed by atoms with Gasteiger partial charge in [-0.1, -0.05) is 24.3 Å². The van der Waals surface area contributed by atoms with Crippen LogP contribution in [0.4, 0.5) is 5.69 Å². The first-order chi connectivity index (χ1) is 11.8. The highest BCUT2D eigenvalue weighted by atomic mass is 16.5. The van der Waals surface area contributed by atoms with E-state index in [-0.39, 0.29) is 5.91 Å². The molecule has 4 heteroatoms. The van der Waals surface area contributed by atoms with Crippen LogP contribution >= 0.6 is 0 Å². The third-order valence-electron chi connectivity index (χ3n) is 4.91. The molecule has 1 N–H and O–H groups in total. The quantitative estimate of drug-likeness (QED) is 0.941. The van der Waals surface area contributed by atoms with E-state index in [1.807, 2.05) is 24.3 Å². The summed E-state index contributed by atoms with van der Waals surface area (Å²) in [7, 11) is 0. The van der Waals surface area contributed by atoms with E-state index in [1.54, 1.807) is 0 Å². The number of ether oxygens (including phenoxy) is 1. The van der Waals surface area contributed by atoms with Crippen molar-refractivity contribution in [2.45, 2.75) is 19.5 Å². The molecule has 0 aliphatic carbocycles. The predicted octanol–water partition coefficient (Wildman–Crippen LogP) is 2.97. The number of nitrogens with zero attached hydrogens (tertiary/aromatic N) is 1. The van der Waals surface area contributed by atoms with Gasteiger partial charge in [-0.05, 0) is 41.8 Å². The van der Waals surface area contributed by atoms with Gasteiger partial charge in [0.25, 0.3) is 5.91 Å². The molecule has 1 saturated heterocycles.